The number of para-hydroxylation sites is 1. The fourth-order valence-electron chi connectivity index (χ4n) is 1.68. The second-order valence-electron chi connectivity index (χ2n) is 4.67. The number of nitrogens with one attached hydrogen (secondary N) is 3. The van der Waals surface area contributed by atoms with Gasteiger partial charge in [0.1, 0.15) is 0 Å². The van der Waals surface area contributed by atoms with Crippen molar-refractivity contribution in [2.75, 3.05) is 10.7 Å². The van der Waals surface area contributed by atoms with E-state index in [2.05, 4.69) is 26.1 Å². The van der Waals surface area contributed by atoms with Crippen LogP contribution < -0.4 is 16.2 Å². The van der Waals surface area contributed by atoms with E-state index in [4.69, 9.17) is 0 Å². The average Bonchev–Trinajstić information content (AvgIpc) is 2.48. The number of rotatable bonds is 3. The SMILES string of the molecule is Cc1nc(C(F)(F)F)nc(NNC(=O)Nc2ccccc2)c1C. The Morgan fingerprint density at radius 1 is 1.09 bits per heavy atom. The summed E-state index contributed by atoms with van der Waals surface area (Å²) in [6.07, 6.45) is -4.67. The van der Waals surface area contributed by atoms with Crippen LogP contribution in [0.25, 0.3) is 0 Å². The van der Waals surface area contributed by atoms with Crippen molar-refractivity contribution < 1.29 is 18.0 Å². The van der Waals surface area contributed by atoms with Crippen molar-refractivity contribution in [3.05, 3.63) is 47.4 Å². The van der Waals surface area contributed by atoms with Crippen LogP contribution in [-0.2, 0) is 6.18 Å². The van der Waals surface area contributed by atoms with E-state index < -0.39 is 18.0 Å². The molecule has 0 saturated heterocycles. The molecule has 122 valence electrons. The van der Waals surface area contributed by atoms with E-state index >= 15 is 0 Å². The molecule has 1 heterocycles. The Morgan fingerprint density at radius 2 is 1.74 bits per heavy atom. The normalized spacial score (nSPS) is 11.0. The Kier molecular flexibility index (Phi) is 4.68. The number of benzene rings is 1. The van der Waals surface area contributed by atoms with Gasteiger partial charge in [-0.25, -0.2) is 14.8 Å². The number of hydrazine groups is 1. The van der Waals surface area contributed by atoms with E-state index in [1.54, 1.807) is 37.3 Å². The van der Waals surface area contributed by atoms with Crippen molar-refractivity contribution in [1.29, 1.82) is 0 Å². The summed E-state index contributed by atoms with van der Waals surface area (Å²) in [7, 11) is 0. The number of alkyl halides is 3. The summed E-state index contributed by atoms with van der Waals surface area (Å²) < 4.78 is 38.1. The summed E-state index contributed by atoms with van der Waals surface area (Å²) in [5.41, 5.74) is 5.72. The van der Waals surface area contributed by atoms with E-state index in [0.717, 1.165) is 0 Å². The molecular weight excluding hydrogens is 311 g/mol. The number of nitrogens with zero attached hydrogens (tertiary/aromatic N) is 2. The van der Waals surface area contributed by atoms with Crippen LogP contribution in [0.15, 0.2) is 30.3 Å². The van der Waals surface area contributed by atoms with Crippen LogP contribution in [0.5, 0.6) is 0 Å². The standard InChI is InChI=1S/C14H14F3N5O/c1-8-9(2)18-12(14(15,16)17)20-11(8)21-22-13(23)19-10-6-4-3-5-7-10/h3-7H,1-2H3,(H,18,20,21)(H2,19,22,23). The Labute approximate surface area is 130 Å². The lowest BCUT2D eigenvalue weighted by Crippen LogP contribution is -2.34. The number of aryl methyl sites for hydroxylation is 1. The lowest BCUT2D eigenvalue weighted by Gasteiger charge is -2.14. The number of halogens is 3. The third-order valence-electron chi connectivity index (χ3n) is 2.97. The molecule has 0 spiro atoms. The molecule has 1 aromatic heterocycles. The highest BCUT2D eigenvalue weighted by atomic mass is 19.4. The van der Waals surface area contributed by atoms with Gasteiger partial charge in [-0.2, -0.15) is 13.2 Å². The lowest BCUT2D eigenvalue weighted by molar-refractivity contribution is -0.145. The van der Waals surface area contributed by atoms with Gasteiger partial charge in [0.2, 0.25) is 5.82 Å². The zero-order valence-electron chi connectivity index (χ0n) is 12.3. The number of anilines is 2. The topological polar surface area (TPSA) is 78.9 Å². The molecular formula is C14H14F3N5O. The Morgan fingerprint density at radius 3 is 2.35 bits per heavy atom. The number of urea groups is 1. The number of carbonyl (C=O) groups excluding carboxylic acids is 1. The predicted octanol–water partition coefficient (Wildman–Crippen LogP) is 3.26. The van der Waals surface area contributed by atoms with E-state index in [9.17, 15) is 18.0 Å². The highest BCUT2D eigenvalue weighted by Crippen LogP contribution is 2.28. The smallest absolute Gasteiger partial charge is 0.307 e. The van der Waals surface area contributed by atoms with Gasteiger partial charge in [-0.3, -0.25) is 10.9 Å². The molecule has 9 heteroatoms. The fourth-order valence-corrected chi connectivity index (χ4v) is 1.68. The molecule has 2 aromatic rings. The van der Waals surface area contributed by atoms with Gasteiger partial charge in [0.15, 0.2) is 5.82 Å². The van der Waals surface area contributed by atoms with Crippen molar-refractivity contribution >= 4 is 17.5 Å². The molecule has 0 unspecified atom stereocenters. The van der Waals surface area contributed by atoms with Crippen LogP contribution in [-0.4, -0.2) is 16.0 Å². The Hall–Kier alpha value is -2.84. The van der Waals surface area contributed by atoms with Crippen LogP contribution in [0.3, 0.4) is 0 Å². The van der Waals surface area contributed by atoms with E-state index in [1.165, 1.54) is 6.92 Å². The average molecular weight is 325 g/mol. The van der Waals surface area contributed by atoms with E-state index in [-0.39, 0.29) is 11.5 Å². The molecule has 0 aliphatic rings. The van der Waals surface area contributed by atoms with Gasteiger partial charge in [0.25, 0.3) is 0 Å². The highest BCUT2D eigenvalue weighted by Gasteiger charge is 2.35. The number of hydrogen-bond acceptors (Lipinski definition) is 4. The second-order valence-corrected chi connectivity index (χ2v) is 4.67. The number of carbonyl (C=O) groups is 1. The molecule has 2 amide bonds. The van der Waals surface area contributed by atoms with Crippen molar-refractivity contribution in [3.63, 3.8) is 0 Å². The molecule has 0 aliphatic carbocycles. The van der Waals surface area contributed by atoms with Crippen LogP contribution >= 0.6 is 0 Å². The van der Waals surface area contributed by atoms with Gasteiger partial charge in [0.05, 0.1) is 0 Å². The van der Waals surface area contributed by atoms with Gasteiger partial charge in [0, 0.05) is 16.9 Å². The first-order chi connectivity index (χ1) is 10.8. The zero-order chi connectivity index (χ0) is 17.0. The molecule has 0 fully saturated rings. The van der Waals surface area contributed by atoms with Crippen molar-refractivity contribution in [2.45, 2.75) is 20.0 Å². The third-order valence-corrected chi connectivity index (χ3v) is 2.97. The van der Waals surface area contributed by atoms with E-state index in [1.807, 2.05) is 0 Å². The first-order valence-electron chi connectivity index (χ1n) is 6.58. The number of amides is 2. The van der Waals surface area contributed by atoms with Crippen LogP contribution in [0.4, 0.5) is 29.5 Å². The van der Waals surface area contributed by atoms with Crippen molar-refractivity contribution in [1.82, 2.24) is 15.4 Å². The van der Waals surface area contributed by atoms with Crippen molar-refractivity contribution in [2.24, 2.45) is 0 Å². The maximum Gasteiger partial charge on any atom is 0.451 e. The molecule has 23 heavy (non-hydrogen) atoms. The lowest BCUT2D eigenvalue weighted by atomic mass is 10.2. The molecule has 0 saturated carbocycles. The minimum atomic E-state index is -4.67. The van der Waals surface area contributed by atoms with Gasteiger partial charge in [-0.15, -0.1) is 0 Å². The Bertz CT molecular complexity index is 704. The first-order valence-corrected chi connectivity index (χ1v) is 6.58. The molecule has 2 rings (SSSR count). The third kappa shape index (κ3) is 4.31. The largest absolute Gasteiger partial charge is 0.451 e. The minimum Gasteiger partial charge on any atom is -0.307 e. The molecule has 0 atom stereocenters. The van der Waals surface area contributed by atoms with Gasteiger partial charge in [-0.05, 0) is 26.0 Å². The van der Waals surface area contributed by atoms with Crippen LogP contribution in [0.1, 0.15) is 17.1 Å². The molecule has 6 nitrogen and oxygen atoms in total. The summed E-state index contributed by atoms with van der Waals surface area (Å²) in [6.45, 7) is 2.98. The fraction of sp³-hybridized carbons (Fsp3) is 0.214. The van der Waals surface area contributed by atoms with Gasteiger partial charge >= 0.3 is 12.2 Å². The maximum atomic E-state index is 12.7. The first kappa shape index (κ1) is 16.5. The van der Waals surface area contributed by atoms with Crippen LogP contribution in [0.2, 0.25) is 0 Å². The summed E-state index contributed by atoms with van der Waals surface area (Å²) in [5.74, 6) is -1.39. The zero-order valence-corrected chi connectivity index (χ0v) is 12.3. The van der Waals surface area contributed by atoms with E-state index in [0.29, 0.717) is 11.3 Å². The number of aromatic nitrogens is 2. The summed E-state index contributed by atoms with van der Waals surface area (Å²) in [5, 5.41) is 2.51. The quantitative estimate of drug-likeness (QED) is 0.757. The highest BCUT2D eigenvalue weighted by molar-refractivity contribution is 5.89. The van der Waals surface area contributed by atoms with Gasteiger partial charge < -0.3 is 5.32 Å². The molecule has 1 aromatic carbocycles. The predicted molar refractivity (Wildman–Crippen MR) is 78.7 cm³/mol. The van der Waals surface area contributed by atoms with Crippen molar-refractivity contribution in [3.8, 4) is 0 Å². The Balaban J connectivity index is 2.08. The summed E-state index contributed by atoms with van der Waals surface area (Å²) in [4.78, 5) is 18.5. The molecule has 0 aliphatic heterocycles. The van der Waals surface area contributed by atoms with Crippen LogP contribution in [0, 0.1) is 13.8 Å². The number of hydrogen-bond donors (Lipinski definition) is 3. The summed E-state index contributed by atoms with van der Waals surface area (Å²) in [6, 6.07) is 7.95. The molecule has 0 radical (unpaired) electrons. The molecule has 3 N–H and O–H groups in total. The summed E-state index contributed by atoms with van der Waals surface area (Å²) >= 11 is 0. The minimum absolute atomic E-state index is 0.118. The monoisotopic (exact) mass is 325 g/mol. The second kappa shape index (κ2) is 6.51. The maximum absolute atomic E-state index is 12.7. The van der Waals surface area contributed by atoms with Gasteiger partial charge in [-0.1, -0.05) is 18.2 Å². The molecule has 0 bridgehead atoms.